The maximum absolute atomic E-state index is 10.8. The van der Waals surface area contributed by atoms with Gasteiger partial charge in [-0.3, -0.25) is 9.11 Å². The molecule has 0 fully saturated rings. The van der Waals surface area contributed by atoms with Crippen LogP contribution in [0.3, 0.4) is 0 Å². The third-order valence-corrected chi connectivity index (χ3v) is 5.74. The van der Waals surface area contributed by atoms with Gasteiger partial charge in [0.1, 0.15) is 0 Å². The summed E-state index contributed by atoms with van der Waals surface area (Å²) < 4.78 is 61.0. The first kappa shape index (κ1) is 22.5. The van der Waals surface area contributed by atoms with Crippen LogP contribution in [-0.2, 0) is 20.2 Å². The van der Waals surface area contributed by atoms with Crippen molar-refractivity contribution in [3.8, 4) is 0 Å². The van der Waals surface area contributed by atoms with Gasteiger partial charge in [0.05, 0.1) is 9.79 Å². The summed E-state index contributed by atoms with van der Waals surface area (Å²) in [6.45, 7) is 0. The fraction of sp³-hybridized carbons (Fsp3) is 0.0476. The average molecular weight is 433 g/mol. The molecule has 0 saturated heterocycles. The molecule has 8 heteroatoms. The summed E-state index contributed by atoms with van der Waals surface area (Å²) in [6, 6.07) is 23.7. The molecule has 4 aromatic carbocycles. The van der Waals surface area contributed by atoms with Crippen molar-refractivity contribution in [2.45, 2.75) is 17.2 Å². The van der Waals surface area contributed by atoms with Crippen LogP contribution in [0.15, 0.2) is 94.7 Å². The van der Waals surface area contributed by atoms with Gasteiger partial charge in [0.15, 0.2) is 0 Å². The molecule has 0 aliphatic carbocycles. The number of hydrogen-bond donors (Lipinski definition) is 2. The van der Waals surface area contributed by atoms with Gasteiger partial charge in [-0.1, -0.05) is 68.1 Å². The van der Waals surface area contributed by atoms with E-state index in [1.165, 1.54) is 24.3 Å². The lowest BCUT2D eigenvalue weighted by Gasteiger charge is -1.99. The molecule has 0 amide bonds. The summed E-state index contributed by atoms with van der Waals surface area (Å²) in [6.07, 6.45) is 0. The van der Waals surface area contributed by atoms with E-state index in [0.717, 1.165) is 21.5 Å². The first-order valence-electron chi connectivity index (χ1n) is 8.07. The van der Waals surface area contributed by atoms with E-state index in [1.54, 1.807) is 24.3 Å². The maximum atomic E-state index is 10.8. The van der Waals surface area contributed by atoms with Crippen molar-refractivity contribution < 1.29 is 25.9 Å². The topological polar surface area (TPSA) is 109 Å². The normalized spacial score (nSPS) is 11.4. The lowest BCUT2D eigenvalue weighted by Crippen LogP contribution is -1.97. The van der Waals surface area contributed by atoms with Crippen LogP contribution in [0.25, 0.3) is 21.5 Å². The van der Waals surface area contributed by atoms with E-state index in [-0.39, 0.29) is 17.2 Å². The van der Waals surface area contributed by atoms with E-state index in [2.05, 4.69) is 0 Å². The zero-order valence-electron chi connectivity index (χ0n) is 14.4. The Morgan fingerprint density at radius 2 is 0.793 bits per heavy atom. The van der Waals surface area contributed by atoms with Gasteiger partial charge >= 0.3 is 0 Å². The largest absolute Gasteiger partial charge is 0.294 e. The van der Waals surface area contributed by atoms with Crippen LogP contribution in [0.2, 0.25) is 0 Å². The van der Waals surface area contributed by atoms with Crippen LogP contribution >= 0.6 is 0 Å². The Bertz CT molecular complexity index is 1250. The molecule has 4 aromatic rings. The van der Waals surface area contributed by atoms with E-state index in [1.807, 2.05) is 36.4 Å². The van der Waals surface area contributed by atoms with Crippen LogP contribution in [0, 0.1) is 0 Å². The van der Waals surface area contributed by atoms with Crippen molar-refractivity contribution in [3.05, 3.63) is 84.9 Å². The number of rotatable bonds is 2. The van der Waals surface area contributed by atoms with Gasteiger partial charge in [0.25, 0.3) is 20.2 Å². The lowest BCUT2D eigenvalue weighted by atomic mass is 10.1. The third-order valence-electron chi connectivity index (χ3n) is 4.04. The Hall–Kier alpha value is -2.78. The van der Waals surface area contributed by atoms with Crippen LogP contribution in [0.1, 0.15) is 7.43 Å². The monoisotopic (exact) mass is 432 g/mol. The van der Waals surface area contributed by atoms with Crippen molar-refractivity contribution in [1.82, 2.24) is 0 Å². The first-order chi connectivity index (χ1) is 13.1. The number of fused-ring (bicyclic) bond motifs is 2. The van der Waals surface area contributed by atoms with Gasteiger partial charge in [-0.15, -0.1) is 0 Å². The van der Waals surface area contributed by atoms with Crippen molar-refractivity contribution in [2.75, 3.05) is 0 Å². The fourth-order valence-electron chi connectivity index (χ4n) is 2.66. The first-order valence-corrected chi connectivity index (χ1v) is 11.0. The van der Waals surface area contributed by atoms with E-state index in [9.17, 15) is 16.8 Å². The number of benzene rings is 4. The second-order valence-corrected chi connectivity index (χ2v) is 8.81. The van der Waals surface area contributed by atoms with Crippen molar-refractivity contribution in [3.63, 3.8) is 0 Å². The lowest BCUT2D eigenvalue weighted by molar-refractivity contribution is 0.481. The summed E-state index contributed by atoms with van der Waals surface area (Å²) in [7, 11) is -8.19. The van der Waals surface area contributed by atoms with Crippen LogP contribution in [0.4, 0.5) is 0 Å². The van der Waals surface area contributed by atoms with Crippen LogP contribution < -0.4 is 0 Å². The quantitative estimate of drug-likeness (QED) is 0.440. The third kappa shape index (κ3) is 5.61. The minimum Gasteiger partial charge on any atom is -0.282 e. The van der Waals surface area contributed by atoms with Gasteiger partial charge < -0.3 is 0 Å². The molecule has 0 aliphatic rings. The van der Waals surface area contributed by atoms with Crippen molar-refractivity contribution in [2.24, 2.45) is 0 Å². The highest BCUT2D eigenvalue weighted by Crippen LogP contribution is 2.19. The maximum Gasteiger partial charge on any atom is 0.294 e. The molecule has 0 saturated carbocycles. The highest BCUT2D eigenvalue weighted by atomic mass is 32.2. The summed E-state index contributed by atoms with van der Waals surface area (Å²) in [5, 5.41) is 3.48. The Labute approximate surface area is 169 Å². The molecule has 0 unspecified atom stereocenters. The molecule has 4 rings (SSSR count). The Balaban J connectivity index is 0.000000200. The van der Waals surface area contributed by atoms with Gasteiger partial charge in [-0.25, -0.2) is 0 Å². The molecule has 2 N–H and O–H groups in total. The second-order valence-electron chi connectivity index (χ2n) is 5.97. The summed E-state index contributed by atoms with van der Waals surface area (Å²) in [5.41, 5.74) is 0. The van der Waals surface area contributed by atoms with E-state index >= 15 is 0 Å². The number of hydrogen-bond acceptors (Lipinski definition) is 4. The standard InChI is InChI=1S/2C10H8O3S.CH4/c2*11-14(12,13)10-6-5-8-3-1-2-4-9(8)7-10;/h2*1-7H,(H,11,12,13);1H4. The van der Waals surface area contributed by atoms with Gasteiger partial charge in [-0.2, -0.15) is 16.8 Å². The summed E-state index contributed by atoms with van der Waals surface area (Å²) in [5.74, 6) is 0. The van der Waals surface area contributed by atoms with Gasteiger partial charge in [-0.05, 0) is 45.8 Å². The molecule has 0 bridgehead atoms. The van der Waals surface area contributed by atoms with Gasteiger partial charge in [0, 0.05) is 0 Å². The molecule has 0 radical (unpaired) electrons. The van der Waals surface area contributed by atoms with E-state index in [0.29, 0.717) is 0 Å². The molecule has 29 heavy (non-hydrogen) atoms. The second kappa shape index (κ2) is 8.71. The Morgan fingerprint density at radius 3 is 1.10 bits per heavy atom. The molecule has 0 heterocycles. The molecule has 152 valence electrons. The molecular formula is C21H20O6S2. The highest BCUT2D eigenvalue weighted by Gasteiger charge is 2.09. The molecule has 0 spiro atoms. The minimum absolute atomic E-state index is 0. The summed E-state index contributed by atoms with van der Waals surface area (Å²) in [4.78, 5) is -0.146. The zero-order valence-corrected chi connectivity index (χ0v) is 16.1. The zero-order chi connectivity index (χ0) is 20.4. The Morgan fingerprint density at radius 1 is 0.483 bits per heavy atom. The molecule has 0 aromatic heterocycles. The average Bonchev–Trinajstić information content (AvgIpc) is 2.66. The predicted molar refractivity (Wildman–Crippen MR) is 114 cm³/mol. The molecule has 0 aliphatic heterocycles. The van der Waals surface area contributed by atoms with Crippen LogP contribution in [0.5, 0.6) is 0 Å². The van der Waals surface area contributed by atoms with Crippen LogP contribution in [-0.4, -0.2) is 25.9 Å². The fourth-order valence-corrected chi connectivity index (χ4v) is 3.69. The smallest absolute Gasteiger partial charge is 0.282 e. The molecular weight excluding hydrogens is 412 g/mol. The van der Waals surface area contributed by atoms with Crippen molar-refractivity contribution in [1.29, 1.82) is 0 Å². The SMILES string of the molecule is C.O=S(=O)(O)c1ccc2ccccc2c1.O=S(=O)(O)c1ccc2ccccc2c1. The van der Waals surface area contributed by atoms with Crippen molar-refractivity contribution >= 4 is 41.8 Å². The molecule has 0 atom stereocenters. The predicted octanol–water partition coefficient (Wildman–Crippen LogP) is 4.81. The Kier molecular flexibility index (Phi) is 6.76. The van der Waals surface area contributed by atoms with E-state index in [4.69, 9.17) is 9.11 Å². The minimum atomic E-state index is -4.09. The van der Waals surface area contributed by atoms with Gasteiger partial charge in [0.2, 0.25) is 0 Å². The van der Waals surface area contributed by atoms with E-state index < -0.39 is 20.2 Å². The molecule has 6 nitrogen and oxygen atoms in total. The summed E-state index contributed by atoms with van der Waals surface area (Å²) >= 11 is 0. The highest BCUT2D eigenvalue weighted by molar-refractivity contribution is 7.86.